The minimum atomic E-state index is 0.600. The summed E-state index contributed by atoms with van der Waals surface area (Å²) in [4.78, 5) is 9.66. The number of nitrogen functional groups attached to an aromatic ring is 1. The predicted molar refractivity (Wildman–Crippen MR) is 80.5 cm³/mol. The van der Waals surface area contributed by atoms with Crippen molar-refractivity contribution in [2.24, 2.45) is 0 Å². The number of hydrogen-bond donors (Lipinski definition) is 1. The standard InChI is InChI=1S/C15H19N3S/c1-4-5-13-14(16)17-9-18-15(13)19-12-7-6-10(2)11(3)8-12/h6-9H,4-5H2,1-3H3,(H2,16,17,18). The summed E-state index contributed by atoms with van der Waals surface area (Å²) in [6.07, 6.45) is 3.50. The van der Waals surface area contributed by atoms with Gasteiger partial charge in [-0.15, -0.1) is 0 Å². The number of rotatable bonds is 4. The minimum Gasteiger partial charge on any atom is -0.383 e. The second kappa shape index (κ2) is 6.06. The summed E-state index contributed by atoms with van der Waals surface area (Å²) in [5.74, 6) is 0.600. The Morgan fingerprint density at radius 3 is 2.63 bits per heavy atom. The van der Waals surface area contributed by atoms with Crippen LogP contribution in [-0.4, -0.2) is 9.97 Å². The molecule has 0 radical (unpaired) electrons. The molecule has 0 fully saturated rings. The van der Waals surface area contributed by atoms with Gasteiger partial charge in [-0.05, 0) is 43.5 Å². The highest BCUT2D eigenvalue weighted by molar-refractivity contribution is 7.99. The van der Waals surface area contributed by atoms with Gasteiger partial charge in [-0.2, -0.15) is 0 Å². The van der Waals surface area contributed by atoms with Crippen molar-refractivity contribution in [1.29, 1.82) is 0 Å². The van der Waals surface area contributed by atoms with Crippen molar-refractivity contribution in [3.05, 3.63) is 41.2 Å². The highest BCUT2D eigenvalue weighted by Gasteiger charge is 2.10. The number of hydrogen-bond acceptors (Lipinski definition) is 4. The molecule has 100 valence electrons. The molecule has 0 saturated carbocycles. The Morgan fingerprint density at radius 2 is 1.95 bits per heavy atom. The lowest BCUT2D eigenvalue weighted by molar-refractivity contribution is 0.861. The van der Waals surface area contributed by atoms with Gasteiger partial charge in [0.05, 0.1) is 0 Å². The van der Waals surface area contributed by atoms with Crippen molar-refractivity contribution in [3.8, 4) is 0 Å². The second-order valence-corrected chi connectivity index (χ2v) is 5.70. The lowest BCUT2D eigenvalue weighted by Crippen LogP contribution is -2.01. The number of nitrogens with zero attached hydrogens (tertiary/aromatic N) is 2. The molecule has 1 aromatic heterocycles. The van der Waals surface area contributed by atoms with Crippen LogP contribution in [0.1, 0.15) is 30.0 Å². The molecule has 0 bridgehead atoms. The zero-order valence-electron chi connectivity index (χ0n) is 11.6. The Bertz CT molecular complexity index is 582. The normalized spacial score (nSPS) is 10.7. The zero-order chi connectivity index (χ0) is 13.8. The lowest BCUT2D eigenvalue weighted by atomic mass is 10.1. The first-order valence-corrected chi connectivity index (χ1v) is 7.28. The molecule has 1 heterocycles. The van der Waals surface area contributed by atoms with Crippen molar-refractivity contribution in [1.82, 2.24) is 9.97 Å². The smallest absolute Gasteiger partial charge is 0.131 e. The zero-order valence-corrected chi connectivity index (χ0v) is 12.4. The molecule has 0 spiro atoms. The van der Waals surface area contributed by atoms with Gasteiger partial charge in [0.1, 0.15) is 17.2 Å². The van der Waals surface area contributed by atoms with Crippen LogP contribution in [0.2, 0.25) is 0 Å². The number of aryl methyl sites for hydroxylation is 2. The molecule has 0 aliphatic carbocycles. The van der Waals surface area contributed by atoms with Gasteiger partial charge >= 0.3 is 0 Å². The molecule has 2 rings (SSSR count). The summed E-state index contributed by atoms with van der Waals surface area (Å²) >= 11 is 1.66. The fourth-order valence-electron chi connectivity index (χ4n) is 1.87. The topological polar surface area (TPSA) is 51.8 Å². The second-order valence-electron chi connectivity index (χ2n) is 4.64. The Labute approximate surface area is 118 Å². The summed E-state index contributed by atoms with van der Waals surface area (Å²) in [6.45, 7) is 6.38. The van der Waals surface area contributed by atoms with Crippen molar-refractivity contribution < 1.29 is 0 Å². The maximum atomic E-state index is 5.95. The Kier molecular flexibility index (Phi) is 4.43. The van der Waals surface area contributed by atoms with E-state index in [1.165, 1.54) is 22.3 Å². The highest BCUT2D eigenvalue weighted by atomic mass is 32.2. The summed E-state index contributed by atoms with van der Waals surface area (Å²) in [5.41, 5.74) is 9.62. The summed E-state index contributed by atoms with van der Waals surface area (Å²) in [7, 11) is 0. The molecule has 19 heavy (non-hydrogen) atoms. The number of benzene rings is 1. The first-order chi connectivity index (χ1) is 9.11. The van der Waals surface area contributed by atoms with E-state index in [0.29, 0.717) is 5.82 Å². The number of aromatic nitrogens is 2. The van der Waals surface area contributed by atoms with Crippen LogP contribution in [-0.2, 0) is 6.42 Å². The van der Waals surface area contributed by atoms with E-state index in [1.54, 1.807) is 11.8 Å². The van der Waals surface area contributed by atoms with Crippen LogP contribution in [0.4, 0.5) is 5.82 Å². The highest BCUT2D eigenvalue weighted by Crippen LogP contribution is 2.32. The average Bonchev–Trinajstić information content (AvgIpc) is 2.38. The van der Waals surface area contributed by atoms with Crippen LogP contribution in [0.5, 0.6) is 0 Å². The molecule has 0 aliphatic heterocycles. The molecule has 0 amide bonds. The first kappa shape index (κ1) is 13.9. The predicted octanol–water partition coefficient (Wildman–Crippen LogP) is 3.78. The molecule has 0 saturated heterocycles. The molecular formula is C15H19N3S. The maximum absolute atomic E-state index is 5.95. The fraction of sp³-hybridized carbons (Fsp3) is 0.333. The van der Waals surface area contributed by atoms with E-state index in [-0.39, 0.29) is 0 Å². The Hall–Kier alpha value is -1.55. The number of anilines is 1. The molecular weight excluding hydrogens is 254 g/mol. The molecule has 2 N–H and O–H groups in total. The molecule has 1 aromatic carbocycles. The van der Waals surface area contributed by atoms with Crippen LogP contribution >= 0.6 is 11.8 Å². The summed E-state index contributed by atoms with van der Waals surface area (Å²) in [5, 5.41) is 0.970. The molecule has 0 aliphatic rings. The maximum Gasteiger partial charge on any atom is 0.131 e. The van der Waals surface area contributed by atoms with Crippen molar-refractivity contribution >= 4 is 17.6 Å². The van der Waals surface area contributed by atoms with Crippen molar-refractivity contribution in [3.63, 3.8) is 0 Å². The van der Waals surface area contributed by atoms with Gasteiger partial charge < -0.3 is 5.73 Å². The molecule has 2 aromatic rings. The third-order valence-electron chi connectivity index (χ3n) is 3.13. The fourth-order valence-corrected chi connectivity index (χ4v) is 2.90. The number of nitrogens with two attached hydrogens (primary N) is 1. The minimum absolute atomic E-state index is 0.600. The van der Waals surface area contributed by atoms with Crippen LogP contribution in [0.25, 0.3) is 0 Å². The van der Waals surface area contributed by atoms with Gasteiger partial charge in [0.2, 0.25) is 0 Å². The van der Waals surface area contributed by atoms with Gasteiger partial charge in [0.15, 0.2) is 0 Å². The van der Waals surface area contributed by atoms with E-state index in [0.717, 1.165) is 23.4 Å². The summed E-state index contributed by atoms with van der Waals surface area (Å²) < 4.78 is 0. The van der Waals surface area contributed by atoms with Crippen LogP contribution in [0.3, 0.4) is 0 Å². The van der Waals surface area contributed by atoms with Gasteiger partial charge in [0, 0.05) is 10.5 Å². The van der Waals surface area contributed by atoms with Gasteiger partial charge in [-0.25, -0.2) is 9.97 Å². The van der Waals surface area contributed by atoms with Gasteiger partial charge in [-0.1, -0.05) is 31.2 Å². The van der Waals surface area contributed by atoms with Crippen LogP contribution < -0.4 is 5.73 Å². The SMILES string of the molecule is CCCc1c(N)ncnc1Sc1ccc(C)c(C)c1. The average molecular weight is 273 g/mol. The van der Waals surface area contributed by atoms with E-state index >= 15 is 0 Å². The van der Waals surface area contributed by atoms with Crippen molar-refractivity contribution in [2.75, 3.05) is 5.73 Å². The summed E-state index contributed by atoms with van der Waals surface area (Å²) in [6, 6.07) is 6.46. The van der Waals surface area contributed by atoms with E-state index in [4.69, 9.17) is 5.73 Å². The van der Waals surface area contributed by atoms with Crippen molar-refractivity contribution in [2.45, 2.75) is 43.5 Å². The molecule has 0 atom stereocenters. The quantitative estimate of drug-likeness (QED) is 0.861. The van der Waals surface area contributed by atoms with E-state index in [1.807, 2.05) is 0 Å². The molecule has 0 unspecified atom stereocenters. The lowest BCUT2D eigenvalue weighted by Gasteiger charge is -2.10. The molecule has 3 nitrogen and oxygen atoms in total. The third kappa shape index (κ3) is 3.26. The molecule has 4 heteroatoms. The monoisotopic (exact) mass is 273 g/mol. The first-order valence-electron chi connectivity index (χ1n) is 6.46. The van der Waals surface area contributed by atoms with Crippen LogP contribution in [0.15, 0.2) is 34.4 Å². The largest absolute Gasteiger partial charge is 0.383 e. The Morgan fingerprint density at radius 1 is 1.16 bits per heavy atom. The van der Waals surface area contributed by atoms with Gasteiger partial charge in [0.25, 0.3) is 0 Å². The Balaban J connectivity index is 2.32. The third-order valence-corrected chi connectivity index (χ3v) is 4.17. The van der Waals surface area contributed by atoms with Crippen LogP contribution in [0, 0.1) is 13.8 Å². The van der Waals surface area contributed by atoms with E-state index < -0.39 is 0 Å². The van der Waals surface area contributed by atoms with Gasteiger partial charge in [-0.3, -0.25) is 0 Å². The van der Waals surface area contributed by atoms with E-state index in [2.05, 4.69) is 48.9 Å². The van der Waals surface area contributed by atoms with E-state index in [9.17, 15) is 0 Å².